The summed E-state index contributed by atoms with van der Waals surface area (Å²) in [5.41, 5.74) is 2.67. The summed E-state index contributed by atoms with van der Waals surface area (Å²) in [6, 6.07) is 1.37. The minimum Gasteiger partial charge on any atom is -0.389 e. The Morgan fingerprint density at radius 3 is 0.917 bits per heavy atom. The summed E-state index contributed by atoms with van der Waals surface area (Å²) in [7, 11) is -1.02. The van der Waals surface area contributed by atoms with E-state index < -0.39 is 32.8 Å². The van der Waals surface area contributed by atoms with E-state index in [1.165, 1.54) is 96.0 Å². The predicted molar refractivity (Wildman–Crippen MR) is 543 cm³/mol. The second-order valence-corrected chi connectivity index (χ2v) is 47.7. The largest absolute Gasteiger partial charge is 0.389 e. The molecule has 0 aliphatic carbocycles. The number of ether oxygens (including phenoxy) is 3. The minimum absolute atomic E-state index is 0. The van der Waals surface area contributed by atoms with Crippen LogP contribution in [0, 0.1) is 0 Å². The first-order chi connectivity index (χ1) is 49.3. The highest BCUT2D eigenvalue weighted by molar-refractivity contribution is 7.99. The van der Waals surface area contributed by atoms with Crippen LogP contribution in [0.1, 0.15) is 349 Å². The molecule has 0 bridgehead atoms. The molecule has 6 atom stereocenters. The van der Waals surface area contributed by atoms with E-state index >= 15 is 0 Å². The van der Waals surface area contributed by atoms with Gasteiger partial charge in [-0.2, -0.15) is 11.8 Å². The second kappa shape index (κ2) is 60.1. The van der Waals surface area contributed by atoms with Crippen molar-refractivity contribution >= 4 is 32.4 Å². The molecule has 0 spiro atoms. The highest BCUT2D eigenvalue weighted by Crippen LogP contribution is 2.36. The fourth-order valence-electron chi connectivity index (χ4n) is 14.3. The molecule has 2 unspecified atom stereocenters. The number of hydrogen-bond acceptors (Lipinski definition) is 20. The van der Waals surface area contributed by atoms with Crippen molar-refractivity contribution in [2.24, 2.45) is 0 Å². The zero-order valence-electron chi connectivity index (χ0n) is 77.6. The number of likely N-dealkylation sites (tertiary alicyclic amines) is 4. The number of aliphatic hydroxyl groups is 2. The van der Waals surface area contributed by atoms with E-state index in [1.807, 2.05) is 26.4 Å². The van der Waals surface area contributed by atoms with E-state index in [0.717, 1.165) is 64.0 Å². The van der Waals surface area contributed by atoms with Crippen molar-refractivity contribution in [3.8, 4) is 0 Å². The number of sulfone groups is 1. The van der Waals surface area contributed by atoms with Crippen molar-refractivity contribution in [1.82, 2.24) is 58.6 Å². The van der Waals surface area contributed by atoms with Crippen LogP contribution in [0.25, 0.3) is 0 Å². The van der Waals surface area contributed by atoms with Crippen molar-refractivity contribution in [2.45, 2.75) is 447 Å². The van der Waals surface area contributed by atoms with Gasteiger partial charge in [0.25, 0.3) is 0 Å². The fourth-order valence-corrected chi connectivity index (χ4v) is 17.5. The van der Waals surface area contributed by atoms with E-state index in [4.69, 9.17) is 14.2 Å². The molecule has 736 valence electrons. The van der Waals surface area contributed by atoms with Gasteiger partial charge in [0.1, 0.15) is 12.2 Å². The van der Waals surface area contributed by atoms with Gasteiger partial charge >= 0.3 is 0 Å². The second-order valence-electron chi connectivity index (χ2n) is 42.5. The molecule has 0 amide bonds. The minimum atomic E-state index is -2.72. The zero-order chi connectivity index (χ0) is 84.0. The van der Waals surface area contributed by atoms with Crippen LogP contribution >= 0.6 is 11.8 Å². The summed E-state index contributed by atoms with van der Waals surface area (Å²) in [6.45, 7) is 96.0. The molecule has 10 aliphatic rings. The molecule has 10 aliphatic heterocycles. The van der Waals surface area contributed by atoms with Gasteiger partial charge in [-0.15, -0.1) is 0 Å². The highest BCUT2D eigenvalue weighted by Gasteiger charge is 2.49. The summed E-state index contributed by atoms with van der Waals surface area (Å²) in [4.78, 5) is 28.3. The predicted octanol–water partition coefficient (Wildman–Crippen LogP) is 20.4. The molecule has 1 aromatic heterocycles. The van der Waals surface area contributed by atoms with Crippen LogP contribution in [0.4, 0.5) is 0 Å². The average Bonchev–Trinajstić information content (AvgIpc) is 1.63. The van der Waals surface area contributed by atoms with Gasteiger partial charge in [-0.25, -0.2) is 13.4 Å². The number of aliphatic hydroxyl groups excluding tert-OH is 2. The molecule has 0 radical (unpaired) electrons. The first-order valence-corrected chi connectivity index (χ1v) is 46.7. The van der Waals surface area contributed by atoms with E-state index in [0.29, 0.717) is 77.5 Å². The van der Waals surface area contributed by atoms with Crippen LogP contribution < -0.4 is 0 Å². The maximum atomic E-state index is 11.1. The third kappa shape index (κ3) is 55.2. The van der Waals surface area contributed by atoms with Gasteiger partial charge in [0.05, 0.1) is 43.3 Å². The quantitative estimate of drug-likeness (QED) is 0.251. The van der Waals surface area contributed by atoms with Crippen LogP contribution in [0.5, 0.6) is 0 Å². The number of fused-ring (bicyclic) bond motifs is 1. The summed E-state index contributed by atoms with van der Waals surface area (Å²) in [5, 5.41) is 18.5. The lowest BCUT2D eigenvalue weighted by molar-refractivity contribution is -0.158. The lowest BCUT2D eigenvalue weighted by Gasteiger charge is -2.48. The Kier molecular flexibility index (Phi) is 69.9. The lowest BCUT2D eigenvalue weighted by Crippen LogP contribution is -2.59. The monoisotopic (exact) mass is 1780 g/mol. The van der Waals surface area contributed by atoms with Crippen LogP contribution in [0.15, 0.2) is 18.7 Å². The van der Waals surface area contributed by atoms with Crippen molar-refractivity contribution in [1.29, 1.82) is 0 Å². The molecular weight excluding hydrogens is 1560 g/mol. The van der Waals surface area contributed by atoms with Crippen molar-refractivity contribution in [3.63, 3.8) is 0 Å². The van der Waals surface area contributed by atoms with Crippen LogP contribution in [-0.2, 0) is 40.4 Å². The number of hydrogen-bond donors (Lipinski definition) is 2. The number of piperazine rings is 1. The Morgan fingerprint density at radius 1 is 0.383 bits per heavy atom. The smallest absolute Gasteiger partial charge is 0.163 e. The van der Waals surface area contributed by atoms with Gasteiger partial charge in [0, 0.05) is 205 Å². The topological polar surface area (TPSA) is 170 Å². The third-order valence-electron chi connectivity index (χ3n) is 22.5. The molecule has 0 aromatic carbocycles. The molecule has 11 rings (SSSR count). The summed E-state index contributed by atoms with van der Waals surface area (Å²) in [5.74, 6) is 4.62. The number of nitrogens with zero attached hydrogens (tertiary/aromatic N) is 12. The Hall–Kier alpha value is -0.940. The van der Waals surface area contributed by atoms with Crippen LogP contribution in [0.3, 0.4) is 0 Å². The number of imidazole rings is 1. The van der Waals surface area contributed by atoms with Gasteiger partial charge in [-0.05, 0) is 294 Å². The SMILES string of the molecule is C.C.C.C.C.C.C.C.C.C.C.CC(C)(C)N1CCCC1.CC(C)(C)N1CCCCC1.CC(C)(C)N1CCOCC1.CC(C)(C)N1CCS(=O)(=O)CC1.CC(C)(C)N1CCS(=O)CC1.CC(C)(C)N1CCSCC1.CC(C)(C)N1C[C@@H](O)[C@@H](O)C1.CC(C)(C)n1ccnc1.CC1(C)O[C@H]2CN(C(C)(C)C)C[C@H]2O1.CC1CN(C(C)(C)C)CC(C)N1C. The normalized spacial score (nSPS) is 24.3. The first-order valence-electron chi connectivity index (χ1n) is 42.2. The number of β-amino-alcohol motifs (C(OH)–C–C–N with tert-alkyl or cyclic N) is 2. The zero-order valence-corrected chi connectivity index (χ0v) is 80.0. The Bertz CT molecular complexity index is 2620. The third-order valence-corrected chi connectivity index (χ3v) is 26.4. The number of aromatic nitrogens is 2. The molecule has 23 heteroatoms. The Morgan fingerprint density at radius 2 is 0.658 bits per heavy atom. The Labute approximate surface area is 761 Å². The summed E-state index contributed by atoms with van der Waals surface area (Å²) >= 11 is 2.07. The molecule has 1 aromatic rings. The van der Waals surface area contributed by atoms with Gasteiger partial charge in [0.2, 0.25) is 0 Å². The van der Waals surface area contributed by atoms with Gasteiger partial charge in [-0.1, -0.05) is 88.1 Å². The van der Waals surface area contributed by atoms with Crippen molar-refractivity contribution in [2.75, 3.05) is 173 Å². The highest BCUT2D eigenvalue weighted by atomic mass is 32.2. The number of morpholine rings is 1. The molecule has 10 saturated heterocycles. The van der Waals surface area contributed by atoms with E-state index in [2.05, 4.69) is 299 Å². The molecular formula is C97H222N12O8S3. The Balaban J connectivity index is -0.000000139. The first kappa shape index (κ1) is 140. The van der Waals surface area contributed by atoms with E-state index in [9.17, 15) is 22.8 Å². The lowest BCUT2D eigenvalue weighted by atomic mass is 10.00. The van der Waals surface area contributed by atoms with Gasteiger partial charge < -0.3 is 29.0 Å². The number of likely N-dealkylation sites (N-methyl/N-ethyl adjacent to an activating group) is 1. The summed E-state index contributed by atoms with van der Waals surface area (Å²) < 4.78 is 52.2. The number of rotatable bonds is 0. The maximum absolute atomic E-state index is 11.1. The number of piperidine rings is 1. The van der Waals surface area contributed by atoms with Crippen LogP contribution in [0.2, 0.25) is 0 Å². The van der Waals surface area contributed by atoms with Gasteiger partial charge in [-0.3, -0.25) is 53.2 Å². The van der Waals surface area contributed by atoms with Crippen molar-refractivity contribution in [3.05, 3.63) is 18.7 Å². The molecule has 120 heavy (non-hydrogen) atoms. The summed E-state index contributed by atoms with van der Waals surface area (Å²) in [6.07, 6.45) is 12.1. The fraction of sp³-hybridized carbons (Fsp3) is 0.969. The molecule has 10 fully saturated rings. The van der Waals surface area contributed by atoms with E-state index in [1.54, 1.807) is 6.20 Å². The van der Waals surface area contributed by atoms with E-state index in [-0.39, 0.29) is 127 Å². The van der Waals surface area contributed by atoms with Gasteiger partial charge in [0.15, 0.2) is 15.6 Å². The molecule has 0 saturated carbocycles. The molecule has 2 N–H and O–H groups in total. The molecule has 11 heterocycles. The number of thioether (sulfide) groups is 1. The maximum Gasteiger partial charge on any atom is 0.163 e. The standard InChI is InChI=1S/C11H24N2.C11H21NO2.C9H19N.C8H17NO2S.C8H17NO2.C8H17NOS.C8H17NO.C8H17NS.C8H17N.C7H12N2.11CH4/c1-9-7-13(11(3,4)5)8-10(2)12(9)6;1-10(2,3)12-6-8-9(7-12)14-11(4,5)13-8;1-9(2,3)10-7-5-4-6-8-10;1-8(2,3)9-4-6-12(10,11)7-5-9;1-8(2,3)9-4-6(10)7(11)5-9;1-8(2,3)9-4-6-11(10)7-5-9;2*1-8(2,3)9-4-6-10-7-5-9;1-8(2,3)9-6-4-5-7-9;1-7(2,3)9-5-4-8-6-9;;;;;;;;;;;/h9-10H,7-8H2,1-6H3;8-9H,6-7H2,1-5H3;4-8H2,1-3H3;4-7H2,1-3H3;6-7,10-11H,4-5H2,1-3H3;4-7H2,1-3H3;2*4-7H2,1-3H3;4-7H2,1-3H3;4-6H,1-3H3;11*1H4/t;8-,9+;;;6-,7+;;;;;;;;;;;;;;;;. The van der Waals surface area contributed by atoms with Crippen molar-refractivity contribution < 1.29 is 37.1 Å². The average molecular weight is 1780 g/mol. The molecule has 20 nitrogen and oxygen atoms in total. The van der Waals surface area contributed by atoms with Crippen LogP contribution in [-0.4, -0.2) is 346 Å².